The molecule has 0 aliphatic rings. The topological polar surface area (TPSA) is 107 Å². The first-order chi connectivity index (χ1) is 12.1. The summed E-state index contributed by atoms with van der Waals surface area (Å²) in [5.74, 6) is -1.11. The zero-order chi connectivity index (χ0) is 19.6. The van der Waals surface area contributed by atoms with Gasteiger partial charge in [0.05, 0.1) is 31.0 Å². The number of carbonyl (C=O) groups excluding carboxylic acids is 2. The maximum Gasteiger partial charge on any atom is 0.357 e. The quantitative estimate of drug-likeness (QED) is 0.848. The molecule has 0 atom stereocenters. The smallest absolute Gasteiger partial charge is 0.357 e. The van der Waals surface area contributed by atoms with Crippen LogP contribution in [0.25, 0.3) is 5.69 Å². The molecule has 0 saturated carbocycles. The summed E-state index contributed by atoms with van der Waals surface area (Å²) in [6, 6.07) is 6.98. The van der Waals surface area contributed by atoms with Gasteiger partial charge in [0, 0.05) is 11.9 Å². The van der Waals surface area contributed by atoms with Crippen molar-refractivity contribution in [3.05, 3.63) is 46.8 Å². The Morgan fingerprint density at radius 1 is 1.15 bits per heavy atom. The fraction of sp³-hybridized carbons (Fsp3) is 0.316. The molecule has 2 rings (SSSR count). The van der Waals surface area contributed by atoms with Gasteiger partial charge in [-0.15, -0.1) is 0 Å². The van der Waals surface area contributed by atoms with Gasteiger partial charge in [-0.25, -0.2) is 9.59 Å². The molecule has 0 unspecified atom stereocenters. The fourth-order valence-corrected chi connectivity index (χ4v) is 2.70. The van der Waals surface area contributed by atoms with Gasteiger partial charge >= 0.3 is 11.9 Å². The standard InChI is InChI=1S/C19H21N3O4/c1-19(2,3)13-8-11(17(23)25-4)6-7-14(13)22-10-12(9-20)15(21)16(22)18(24)26-5/h6-8,10H,21H2,1-5H3. The van der Waals surface area contributed by atoms with Gasteiger partial charge in [0.1, 0.15) is 6.07 Å². The first kappa shape index (κ1) is 19.1. The van der Waals surface area contributed by atoms with Gasteiger partial charge in [0.15, 0.2) is 5.69 Å². The van der Waals surface area contributed by atoms with Crippen LogP contribution in [-0.4, -0.2) is 30.7 Å². The Morgan fingerprint density at radius 3 is 2.27 bits per heavy atom. The molecule has 7 heteroatoms. The Bertz CT molecular complexity index is 914. The van der Waals surface area contributed by atoms with Crippen molar-refractivity contribution >= 4 is 17.6 Å². The van der Waals surface area contributed by atoms with E-state index in [4.69, 9.17) is 15.2 Å². The second-order valence-electron chi connectivity index (χ2n) is 6.75. The van der Waals surface area contributed by atoms with Crippen molar-refractivity contribution in [3.63, 3.8) is 0 Å². The van der Waals surface area contributed by atoms with Gasteiger partial charge in [0.2, 0.25) is 0 Å². The van der Waals surface area contributed by atoms with Crippen LogP contribution in [0.2, 0.25) is 0 Å². The van der Waals surface area contributed by atoms with Crippen LogP contribution < -0.4 is 5.73 Å². The number of nitriles is 1. The van der Waals surface area contributed by atoms with Crippen LogP contribution >= 0.6 is 0 Å². The lowest BCUT2D eigenvalue weighted by molar-refractivity contribution is 0.0586. The summed E-state index contributed by atoms with van der Waals surface area (Å²) in [7, 11) is 2.56. The number of nitrogen functional groups attached to an aromatic ring is 1. The van der Waals surface area contributed by atoms with Crippen LogP contribution in [0.15, 0.2) is 24.4 Å². The number of hydrogen-bond donors (Lipinski definition) is 1. The molecule has 26 heavy (non-hydrogen) atoms. The molecule has 0 bridgehead atoms. The van der Waals surface area contributed by atoms with Crippen molar-refractivity contribution in [2.24, 2.45) is 0 Å². The fourth-order valence-electron chi connectivity index (χ4n) is 2.70. The maximum atomic E-state index is 12.2. The lowest BCUT2D eigenvalue weighted by atomic mass is 9.84. The van der Waals surface area contributed by atoms with Gasteiger partial charge in [-0.3, -0.25) is 0 Å². The van der Waals surface area contributed by atoms with E-state index in [1.54, 1.807) is 18.2 Å². The number of carbonyl (C=O) groups is 2. The SMILES string of the molecule is COC(=O)c1ccc(-n2cc(C#N)c(N)c2C(=O)OC)c(C(C)(C)C)c1. The monoisotopic (exact) mass is 355 g/mol. The first-order valence-corrected chi connectivity index (χ1v) is 7.88. The lowest BCUT2D eigenvalue weighted by Crippen LogP contribution is -2.19. The molecule has 0 spiro atoms. The van der Waals surface area contributed by atoms with E-state index in [0.717, 1.165) is 5.56 Å². The molecule has 136 valence electrons. The van der Waals surface area contributed by atoms with Crippen molar-refractivity contribution < 1.29 is 19.1 Å². The molecule has 0 aliphatic heterocycles. The number of anilines is 1. The predicted molar refractivity (Wildman–Crippen MR) is 96.3 cm³/mol. The van der Waals surface area contributed by atoms with Crippen molar-refractivity contribution in [2.75, 3.05) is 20.0 Å². The summed E-state index contributed by atoms with van der Waals surface area (Å²) in [6.45, 7) is 5.92. The maximum absolute atomic E-state index is 12.2. The summed E-state index contributed by atoms with van der Waals surface area (Å²) < 4.78 is 11.1. The van der Waals surface area contributed by atoms with Gasteiger partial charge < -0.3 is 19.8 Å². The highest BCUT2D eigenvalue weighted by molar-refractivity contribution is 5.96. The lowest BCUT2D eigenvalue weighted by Gasteiger charge is -2.24. The number of rotatable bonds is 3. The van der Waals surface area contributed by atoms with E-state index in [1.807, 2.05) is 26.8 Å². The minimum atomic E-state index is -0.652. The largest absolute Gasteiger partial charge is 0.465 e. The van der Waals surface area contributed by atoms with Crippen molar-refractivity contribution in [3.8, 4) is 11.8 Å². The van der Waals surface area contributed by atoms with E-state index in [9.17, 15) is 14.9 Å². The van der Waals surface area contributed by atoms with Crippen LogP contribution in [0.1, 0.15) is 52.7 Å². The van der Waals surface area contributed by atoms with E-state index < -0.39 is 11.9 Å². The number of benzene rings is 1. The second kappa shape index (κ2) is 6.92. The minimum absolute atomic E-state index is 0.0521. The van der Waals surface area contributed by atoms with Gasteiger partial charge in [0.25, 0.3) is 0 Å². The van der Waals surface area contributed by atoms with Crippen molar-refractivity contribution in [1.82, 2.24) is 4.57 Å². The number of esters is 2. The summed E-state index contributed by atoms with van der Waals surface area (Å²) in [4.78, 5) is 24.1. The summed E-state index contributed by atoms with van der Waals surface area (Å²) in [6.07, 6.45) is 1.49. The Balaban J connectivity index is 2.83. The van der Waals surface area contributed by atoms with E-state index in [0.29, 0.717) is 11.3 Å². The number of hydrogen-bond acceptors (Lipinski definition) is 6. The van der Waals surface area contributed by atoms with E-state index in [1.165, 1.54) is 25.0 Å². The van der Waals surface area contributed by atoms with Crippen LogP contribution in [0.5, 0.6) is 0 Å². The average Bonchev–Trinajstić information content (AvgIpc) is 2.95. The third-order valence-electron chi connectivity index (χ3n) is 4.03. The molecule has 2 N–H and O–H groups in total. The molecule has 7 nitrogen and oxygen atoms in total. The molecule has 0 amide bonds. The minimum Gasteiger partial charge on any atom is -0.465 e. The van der Waals surface area contributed by atoms with Gasteiger partial charge in [-0.1, -0.05) is 20.8 Å². The predicted octanol–water partition coefficient (Wildman–Crippen LogP) is 2.80. The highest BCUT2D eigenvalue weighted by Crippen LogP contribution is 2.33. The third kappa shape index (κ3) is 3.26. The molecule has 0 fully saturated rings. The normalized spacial score (nSPS) is 10.9. The number of nitrogens with zero attached hydrogens (tertiary/aromatic N) is 2. The van der Waals surface area contributed by atoms with Gasteiger partial charge in [-0.2, -0.15) is 5.26 Å². The van der Waals surface area contributed by atoms with E-state index in [-0.39, 0.29) is 22.4 Å². The molecular formula is C19H21N3O4. The zero-order valence-electron chi connectivity index (χ0n) is 15.4. The number of methoxy groups -OCH3 is 2. The zero-order valence-corrected chi connectivity index (χ0v) is 15.4. The molecule has 1 aromatic carbocycles. The molecular weight excluding hydrogens is 334 g/mol. The molecule has 0 radical (unpaired) electrons. The van der Waals surface area contributed by atoms with Crippen LogP contribution in [-0.2, 0) is 14.9 Å². The van der Waals surface area contributed by atoms with Gasteiger partial charge in [-0.05, 0) is 29.2 Å². The van der Waals surface area contributed by atoms with Crippen molar-refractivity contribution in [1.29, 1.82) is 5.26 Å². The molecule has 0 saturated heterocycles. The van der Waals surface area contributed by atoms with E-state index in [2.05, 4.69) is 0 Å². The van der Waals surface area contributed by atoms with Crippen LogP contribution in [0.3, 0.4) is 0 Å². The number of nitrogens with two attached hydrogens (primary N) is 1. The molecule has 1 heterocycles. The Labute approximate surface area is 151 Å². The average molecular weight is 355 g/mol. The number of ether oxygens (including phenoxy) is 2. The summed E-state index contributed by atoms with van der Waals surface area (Å²) in [5, 5.41) is 9.28. The molecule has 0 aliphatic carbocycles. The second-order valence-corrected chi connectivity index (χ2v) is 6.75. The Kier molecular flexibility index (Phi) is 5.07. The highest BCUT2D eigenvalue weighted by Gasteiger charge is 2.27. The Hall–Kier alpha value is -3.27. The van der Waals surface area contributed by atoms with Crippen molar-refractivity contribution in [2.45, 2.75) is 26.2 Å². The van der Waals surface area contributed by atoms with Crippen LogP contribution in [0.4, 0.5) is 5.69 Å². The summed E-state index contributed by atoms with van der Waals surface area (Å²) >= 11 is 0. The number of aromatic nitrogens is 1. The molecule has 2 aromatic rings. The first-order valence-electron chi connectivity index (χ1n) is 7.88. The molecule has 1 aromatic heterocycles. The van der Waals surface area contributed by atoms with Crippen LogP contribution in [0, 0.1) is 11.3 Å². The Morgan fingerprint density at radius 2 is 1.77 bits per heavy atom. The highest BCUT2D eigenvalue weighted by atomic mass is 16.5. The van der Waals surface area contributed by atoms with E-state index >= 15 is 0 Å². The third-order valence-corrected chi connectivity index (χ3v) is 4.03. The summed E-state index contributed by atoms with van der Waals surface area (Å²) in [5.41, 5.74) is 7.69.